The van der Waals surface area contributed by atoms with Gasteiger partial charge in [-0.1, -0.05) is 43.2 Å². The molecule has 0 radical (unpaired) electrons. The molecule has 2 fully saturated rings. The lowest BCUT2D eigenvalue weighted by Crippen LogP contribution is -2.55. The third-order valence-electron chi connectivity index (χ3n) is 7.67. The topological polar surface area (TPSA) is 97.4 Å². The quantitative estimate of drug-likeness (QED) is 0.412. The number of hydrogen-bond acceptors (Lipinski definition) is 6. The molecule has 1 saturated heterocycles. The molecule has 0 bridgehead atoms. The summed E-state index contributed by atoms with van der Waals surface area (Å²) in [6.07, 6.45) is 1.45. The number of nitrogens with one attached hydrogen (secondary N) is 1. The van der Waals surface area contributed by atoms with Crippen molar-refractivity contribution in [2.24, 2.45) is 0 Å². The van der Waals surface area contributed by atoms with Gasteiger partial charge in [-0.3, -0.25) is 9.48 Å². The first kappa shape index (κ1) is 32.9. The van der Waals surface area contributed by atoms with Gasteiger partial charge < -0.3 is 24.6 Å². The van der Waals surface area contributed by atoms with Gasteiger partial charge in [-0.15, -0.1) is 24.8 Å². The van der Waals surface area contributed by atoms with Gasteiger partial charge in [0.25, 0.3) is 5.91 Å². The second kappa shape index (κ2) is 13.6. The summed E-state index contributed by atoms with van der Waals surface area (Å²) < 4.78 is 47.8. The largest absolute Gasteiger partial charge is 0.435 e. The van der Waals surface area contributed by atoms with E-state index in [1.54, 1.807) is 18.3 Å². The summed E-state index contributed by atoms with van der Waals surface area (Å²) in [4.78, 5) is 20.3. The summed E-state index contributed by atoms with van der Waals surface area (Å²) in [6, 6.07) is 9.63. The number of aliphatic hydroxyl groups is 1. The lowest BCUT2D eigenvalue weighted by Gasteiger charge is -2.41. The lowest BCUT2D eigenvalue weighted by atomic mass is 9.80. The molecule has 0 unspecified atom stereocenters. The van der Waals surface area contributed by atoms with E-state index in [0.29, 0.717) is 38.2 Å². The highest BCUT2D eigenvalue weighted by molar-refractivity contribution is 5.98. The molecule has 3 atom stereocenters. The van der Waals surface area contributed by atoms with Gasteiger partial charge in [-0.25, -0.2) is 4.98 Å². The minimum absolute atomic E-state index is 0. The summed E-state index contributed by atoms with van der Waals surface area (Å²) in [6.45, 7) is 1.59. The van der Waals surface area contributed by atoms with Gasteiger partial charge in [-0.2, -0.15) is 18.3 Å². The van der Waals surface area contributed by atoms with Crippen LogP contribution in [0.15, 0.2) is 48.9 Å². The summed E-state index contributed by atoms with van der Waals surface area (Å²) in [5.74, 6) is -0.312. The average molecular weight is 620 g/mol. The molecule has 3 aromatic rings. The molecule has 41 heavy (non-hydrogen) atoms. The number of hydrogen-bond donors (Lipinski definition) is 2. The van der Waals surface area contributed by atoms with Gasteiger partial charge in [0.1, 0.15) is 5.60 Å². The normalized spacial score (nSPS) is 23.0. The Balaban J connectivity index is 0.00000231. The number of ether oxygens (including phenoxy) is 1. The van der Waals surface area contributed by atoms with Crippen molar-refractivity contribution < 1.29 is 27.8 Å². The third-order valence-corrected chi connectivity index (χ3v) is 7.67. The number of nitrogens with zero attached hydrogens (tertiary/aromatic N) is 5. The van der Waals surface area contributed by atoms with Gasteiger partial charge in [0.15, 0.2) is 11.4 Å². The summed E-state index contributed by atoms with van der Waals surface area (Å²) in [5, 5.41) is 18.4. The molecule has 1 saturated carbocycles. The zero-order chi connectivity index (χ0) is 27.6. The molecule has 226 valence electrons. The predicted octanol–water partition coefficient (Wildman–Crippen LogP) is 4.22. The summed E-state index contributed by atoms with van der Waals surface area (Å²) >= 11 is 0. The minimum atomic E-state index is -4.53. The van der Waals surface area contributed by atoms with Crippen molar-refractivity contribution in [1.82, 2.24) is 29.5 Å². The molecule has 3 heterocycles. The standard InChI is InChI=1S/C27H33F3N6O3.2ClH/c1-39-17-26(38)11-6-5-9-22(26)36-18-32-23(24(36)19-7-3-2-4-8-19)25(37)35-14-12-31-15-20(35)16-34-13-10-21(33-34)27(28,29)30;;/h2-4,7-8,10,13,18,20,22,31,38H,5-6,9,11-12,14-17H2,1H3;2*1H/t20-,22+,26+;;/m0../s1. The Bertz CT molecular complexity index is 1280. The first-order valence-corrected chi connectivity index (χ1v) is 13.2. The molecule has 5 rings (SSSR count). The number of alkyl halides is 3. The van der Waals surface area contributed by atoms with Crippen molar-refractivity contribution >= 4 is 30.7 Å². The van der Waals surface area contributed by atoms with E-state index in [0.717, 1.165) is 24.5 Å². The van der Waals surface area contributed by atoms with Gasteiger partial charge in [0.05, 0.1) is 37.3 Å². The lowest BCUT2D eigenvalue weighted by molar-refractivity contribution is -0.141. The van der Waals surface area contributed by atoms with E-state index in [1.807, 2.05) is 34.9 Å². The minimum Gasteiger partial charge on any atom is -0.385 e. The Morgan fingerprint density at radius 1 is 1.20 bits per heavy atom. The van der Waals surface area contributed by atoms with Crippen LogP contribution in [0.25, 0.3) is 11.3 Å². The zero-order valence-corrected chi connectivity index (χ0v) is 24.2. The first-order chi connectivity index (χ1) is 18.7. The van der Waals surface area contributed by atoms with Crippen LogP contribution in [0.2, 0.25) is 0 Å². The highest BCUT2D eigenvalue weighted by Crippen LogP contribution is 2.41. The maximum atomic E-state index is 14.1. The molecule has 1 aromatic carbocycles. The molecule has 2 N–H and O–H groups in total. The molecule has 1 aliphatic carbocycles. The van der Waals surface area contributed by atoms with Crippen LogP contribution >= 0.6 is 24.8 Å². The van der Waals surface area contributed by atoms with E-state index >= 15 is 0 Å². The molecule has 14 heteroatoms. The van der Waals surface area contributed by atoms with Crippen molar-refractivity contribution in [3.8, 4) is 11.3 Å². The van der Waals surface area contributed by atoms with Crippen molar-refractivity contribution in [2.45, 2.75) is 56.1 Å². The van der Waals surface area contributed by atoms with E-state index in [4.69, 9.17) is 4.74 Å². The van der Waals surface area contributed by atoms with E-state index in [1.165, 1.54) is 10.9 Å². The maximum Gasteiger partial charge on any atom is 0.435 e. The maximum absolute atomic E-state index is 14.1. The fraction of sp³-hybridized carbons (Fsp3) is 0.519. The highest BCUT2D eigenvalue weighted by Gasteiger charge is 2.42. The van der Waals surface area contributed by atoms with Crippen LogP contribution in [-0.4, -0.2) is 80.2 Å². The van der Waals surface area contributed by atoms with Gasteiger partial charge in [0, 0.05) is 38.5 Å². The second-order valence-electron chi connectivity index (χ2n) is 10.3. The third kappa shape index (κ3) is 6.89. The molecular weight excluding hydrogens is 584 g/mol. The number of halogens is 5. The Hall–Kier alpha value is -2.64. The van der Waals surface area contributed by atoms with Crippen molar-refractivity contribution in [2.75, 3.05) is 33.4 Å². The molecule has 2 aromatic heterocycles. The number of carbonyl (C=O) groups excluding carboxylic acids is 1. The van der Waals surface area contributed by atoms with Crippen LogP contribution in [0.1, 0.15) is 47.9 Å². The highest BCUT2D eigenvalue weighted by atomic mass is 35.5. The van der Waals surface area contributed by atoms with E-state index in [-0.39, 0.29) is 55.6 Å². The Kier molecular flexibility index (Phi) is 10.9. The molecular formula is C27H35Cl2F3N6O3. The zero-order valence-electron chi connectivity index (χ0n) is 22.6. The number of imidazole rings is 1. The number of methoxy groups -OCH3 is 1. The number of aromatic nitrogens is 4. The van der Waals surface area contributed by atoms with Gasteiger partial charge in [0.2, 0.25) is 0 Å². The predicted molar refractivity (Wildman–Crippen MR) is 151 cm³/mol. The summed E-state index contributed by atoms with van der Waals surface area (Å²) in [7, 11) is 1.56. The van der Waals surface area contributed by atoms with Gasteiger partial charge >= 0.3 is 6.18 Å². The first-order valence-electron chi connectivity index (χ1n) is 13.2. The van der Waals surface area contributed by atoms with E-state index in [2.05, 4.69) is 15.4 Å². The number of benzene rings is 1. The van der Waals surface area contributed by atoms with Crippen molar-refractivity contribution in [1.29, 1.82) is 0 Å². The second-order valence-corrected chi connectivity index (χ2v) is 10.3. The molecule has 0 spiro atoms. The number of amides is 1. The molecule has 2 aliphatic rings. The Labute approximate surface area is 248 Å². The van der Waals surface area contributed by atoms with Crippen LogP contribution in [0.5, 0.6) is 0 Å². The number of piperazine rings is 1. The molecule has 1 aliphatic heterocycles. The fourth-order valence-corrected chi connectivity index (χ4v) is 5.81. The SMILES string of the molecule is COC[C@]1(O)CCCC[C@H]1n1cnc(C(=O)N2CCNC[C@H]2Cn2ccc(C(F)(F)F)n2)c1-c1ccccc1.Cl.Cl. The van der Waals surface area contributed by atoms with Crippen molar-refractivity contribution in [3.05, 3.63) is 60.3 Å². The smallest absolute Gasteiger partial charge is 0.385 e. The van der Waals surface area contributed by atoms with Crippen LogP contribution in [0.3, 0.4) is 0 Å². The monoisotopic (exact) mass is 618 g/mol. The molecule has 9 nitrogen and oxygen atoms in total. The molecule has 1 amide bonds. The Morgan fingerprint density at radius 2 is 1.95 bits per heavy atom. The van der Waals surface area contributed by atoms with Crippen LogP contribution < -0.4 is 5.32 Å². The van der Waals surface area contributed by atoms with E-state index in [9.17, 15) is 23.1 Å². The van der Waals surface area contributed by atoms with Crippen LogP contribution in [-0.2, 0) is 17.5 Å². The van der Waals surface area contributed by atoms with Crippen molar-refractivity contribution in [3.63, 3.8) is 0 Å². The van der Waals surface area contributed by atoms with Gasteiger partial charge in [-0.05, 0) is 18.9 Å². The number of rotatable bonds is 7. The van der Waals surface area contributed by atoms with E-state index < -0.39 is 23.5 Å². The van der Waals surface area contributed by atoms with Crippen LogP contribution in [0.4, 0.5) is 13.2 Å². The van der Waals surface area contributed by atoms with Crippen LogP contribution in [0, 0.1) is 0 Å². The summed E-state index contributed by atoms with van der Waals surface area (Å²) in [5.41, 5.74) is -0.430. The number of carbonyl (C=O) groups is 1. The fourth-order valence-electron chi connectivity index (χ4n) is 5.81. The average Bonchev–Trinajstić information content (AvgIpc) is 3.57. The Morgan fingerprint density at radius 3 is 2.63 bits per heavy atom.